The van der Waals surface area contributed by atoms with Crippen molar-refractivity contribution in [3.05, 3.63) is 87.8 Å². The molecule has 0 aliphatic rings. The Labute approximate surface area is 201 Å². The Morgan fingerprint density at radius 2 is 1.66 bits per heavy atom. The second kappa shape index (κ2) is 8.72. The Hall–Kier alpha value is -4.46. The minimum atomic E-state index is -0.439. The van der Waals surface area contributed by atoms with Crippen molar-refractivity contribution >= 4 is 22.3 Å². The van der Waals surface area contributed by atoms with Gasteiger partial charge in [-0.05, 0) is 49.7 Å². The van der Waals surface area contributed by atoms with Gasteiger partial charge in [0.15, 0.2) is 17.3 Å². The molecule has 35 heavy (non-hydrogen) atoms. The lowest BCUT2D eigenvalue weighted by atomic mass is 10.0. The van der Waals surface area contributed by atoms with Crippen molar-refractivity contribution in [3.8, 4) is 22.9 Å². The van der Waals surface area contributed by atoms with Gasteiger partial charge in [-0.3, -0.25) is 9.36 Å². The molecule has 0 bridgehead atoms. The molecular weight excluding hydrogens is 444 g/mol. The number of benzene rings is 3. The Kier molecular flexibility index (Phi) is 5.56. The van der Waals surface area contributed by atoms with Crippen molar-refractivity contribution in [1.29, 1.82) is 0 Å². The number of ketones is 1. The van der Waals surface area contributed by atoms with Crippen molar-refractivity contribution < 1.29 is 14.3 Å². The average molecular weight is 469 g/mol. The van der Waals surface area contributed by atoms with Crippen molar-refractivity contribution in [1.82, 2.24) is 19.2 Å². The van der Waals surface area contributed by atoms with E-state index in [2.05, 4.69) is 10.1 Å². The predicted octanol–water partition coefficient (Wildman–Crippen LogP) is 4.23. The Morgan fingerprint density at radius 3 is 2.37 bits per heavy atom. The number of hydrogen-bond donors (Lipinski definition) is 0. The molecule has 0 amide bonds. The summed E-state index contributed by atoms with van der Waals surface area (Å²) in [4.78, 5) is 31.5. The molecule has 0 radical (unpaired) electrons. The second-order valence-electron chi connectivity index (χ2n) is 8.40. The number of carbonyl (C=O) groups excluding carboxylic acids is 1. The number of fused-ring (bicyclic) bond motifs is 3. The number of carbonyl (C=O) groups is 1. The Morgan fingerprint density at radius 1 is 0.943 bits per heavy atom. The third-order valence-corrected chi connectivity index (χ3v) is 6.06. The normalized spacial score (nSPS) is 11.2. The van der Waals surface area contributed by atoms with Crippen molar-refractivity contribution in [3.63, 3.8) is 0 Å². The van der Waals surface area contributed by atoms with Crippen LogP contribution in [-0.2, 0) is 6.54 Å². The molecule has 5 aromatic rings. The smallest absolute Gasteiger partial charge is 0.351 e. The lowest BCUT2D eigenvalue weighted by molar-refractivity contribution is 0.0971. The minimum Gasteiger partial charge on any atom is -0.497 e. The molecule has 0 aliphatic heterocycles. The highest BCUT2D eigenvalue weighted by Gasteiger charge is 2.19. The molecule has 0 spiro atoms. The number of aryl methyl sites for hydroxylation is 2. The van der Waals surface area contributed by atoms with E-state index in [1.807, 2.05) is 56.3 Å². The van der Waals surface area contributed by atoms with E-state index in [1.165, 1.54) is 9.08 Å². The van der Waals surface area contributed by atoms with Gasteiger partial charge in [0.2, 0.25) is 0 Å². The number of rotatable bonds is 6. The topological polar surface area (TPSA) is 87.7 Å². The molecule has 2 heterocycles. The Bertz CT molecular complexity index is 1640. The first-order valence-corrected chi connectivity index (χ1v) is 11.1. The van der Waals surface area contributed by atoms with Crippen LogP contribution >= 0.6 is 0 Å². The first-order chi connectivity index (χ1) is 16.9. The van der Waals surface area contributed by atoms with Crippen LogP contribution in [0.1, 0.15) is 21.5 Å². The van der Waals surface area contributed by atoms with E-state index in [9.17, 15) is 9.59 Å². The molecule has 3 aromatic carbocycles. The van der Waals surface area contributed by atoms with Gasteiger partial charge in [0.05, 0.1) is 26.3 Å². The first-order valence-electron chi connectivity index (χ1n) is 11.1. The number of nitrogens with zero attached hydrogens (tertiary/aromatic N) is 4. The third-order valence-electron chi connectivity index (χ3n) is 6.06. The van der Waals surface area contributed by atoms with Crippen LogP contribution in [0, 0.1) is 13.8 Å². The lowest BCUT2D eigenvalue weighted by Gasteiger charge is -2.12. The van der Waals surface area contributed by atoms with E-state index in [4.69, 9.17) is 9.47 Å². The van der Waals surface area contributed by atoms with Gasteiger partial charge in [-0.15, -0.1) is 5.10 Å². The maximum Gasteiger partial charge on any atom is 0.351 e. The number of methoxy groups -OCH3 is 2. The standard InChI is InChI=1S/C27H24N4O4/c1-16-9-10-17(2)22(11-16)24(32)15-30-23-8-6-5-7-21(23)26-28-25(29-31(26)27(30)33)18-12-19(34-3)14-20(13-18)35-4/h5-14H,15H2,1-4H3. The van der Waals surface area contributed by atoms with E-state index in [0.717, 1.165) is 16.5 Å². The molecule has 0 aliphatic carbocycles. The summed E-state index contributed by atoms with van der Waals surface area (Å²) < 4.78 is 13.4. The number of hydrogen-bond acceptors (Lipinski definition) is 6. The van der Waals surface area contributed by atoms with Crippen LogP contribution in [0.2, 0.25) is 0 Å². The van der Waals surface area contributed by atoms with Gasteiger partial charge in [-0.1, -0.05) is 29.8 Å². The summed E-state index contributed by atoms with van der Waals surface area (Å²) in [5.41, 5.74) is 3.69. The molecular formula is C27H24N4O4. The van der Waals surface area contributed by atoms with E-state index in [1.54, 1.807) is 32.4 Å². The molecule has 2 aromatic heterocycles. The first kappa shape index (κ1) is 22.3. The van der Waals surface area contributed by atoms with E-state index in [0.29, 0.717) is 39.6 Å². The van der Waals surface area contributed by atoms with Crippen molar-refractivity contribution in [2.75, 3.05) is 14.2 Å². The van der Waals surface area contributed by atoms with Gasteiger partial charge in [0.1, 0.15) is 11.5 Å². The second-order valence-corrected chi connectivity index (χ2v) is 8.40. The van der Waals surface area contributed by atoms with Crippen LogP contribution in [0.3, 0.4) is 0 Å². The fourth-order valence-electron chi connectivity index (χ4n) is 4.21. The predicted molar refractivity (Wildman–Crippen MR) is 134 cm³/mol. The third kappa shape index (κ3) is 3.93. The average Bonchev–Trinajstić information content (AvgIpc) is 3.33. The molecule has 0 fully saturated rings. The molecule has 0 atom stereocenters. The van der Waals surface area contributed by atoms with E-state index < -0.39 is 5.69 Å². The SMILES string of the molecule is COc1cc(OC)cc(-c2nc3c4ccccc4n(CC(=O)c4cc(C)ccc4C)c(=O)n3n2)c1. The molecule has 0 N–H and O–H groups in total. The maximum absolute atomic E-state index is 13.6. The number of aromatic nitrogens is 4. The Balaban J connectivity index is 1.69. The summed E-state index contributed by atoms with van der Waals surface area (Å²) >= 11 is 0. The quantitative estimate of drug-likeness (QED) is 0.347. The summed E-state index contributed by atoms with van der Waals surface area (Å²) in [6.45, 7) is 3.72. The van der Waals surface area contributed by atoms with Gasteiger partial charge in [-0.25, -0.2) is 9.78 Å². The zero-order chi connectivity index (χ0) is 24.7. The molecule has 176 valence electrons. The van der Waals surface area contributed by atoms with Gasteiger partial charge in [0, 0.05) is 22.6 Å². The zero-order valence-electron chi connectivity index (χ0n) is 19.9. The zero-order valence-corrected chi connectivity index (χ0v) is 19.9. The highest BCUT2D eigenvalue weighted by molar-refractivity contribution is 5.99. The molecule has 0 saturated carbocycles. The minimum absolute atomic E-state index is 0.109. The largest absolute Gasteiger partial charge is 0.497 e. The van der Waals surface area contributed by atoms with Gasteiger partial charge in [-0.2, -0.15) is 4.52 Å². The van der Waals surface area contributed by atoms with Crippen LogP contribution in [0.15, 0.2) is 65.5 Å². The van der Waals surface area contributed by atoms with Crippen molar-refractivity contribution in [2.45, 2.75) is 20.4 Å². The number of para-hydroxylation sites is 1. The van der Waals surface area contributed by atoms with Gasteiger partial charge >= 0.3 is 5.69 Å². The molecule has 0 saturated heterocycles. The molecule has 8 nitrogen and oxygen atoms in total. The molecule has 0 unspecified atom stereocenters. The van der Waals surface area contributed by atoms with Crippen LogP contribution in [0.25, 0.3) is 27.9 Å². The highest BCUT2D eigenvalue weighted by atomic mass is 16.5. The van der Waals surface area contributed by atoms with Crippen LogP contribution in [-0.4, -0.2) is 39.2 Å². The maximum atomic E-state index is 13.6. The summed E-state index contributed by atoms with van der Waals surface area (Å²) in [6.07, 6.45) is 0. The summed E-state index contributed by atoms with van der Waals surface area (Å²) in [5.74, 6) is 1.37. The monoisotopic (exact) mass is 468 g/mol. The summed E-state index contributed by atoms with van der Waals surface area (Å²) in [5, 5.41) is 5.22. The van der Waals surface area contributed by atoms with Crippen LogP contribution in [0.5, 0.6) is 11.5 Å². The van der Waals surface area contributed by atoms with Gasteiger partial charge < -0.3 is 9.47 Å². The number of Topliss-reactive ketones (excluding diaryl/α,β-unsaturated/α-hetero) is 1. The van der Waals surface area contributed by atoms with E-state index in [-0.39, 0.29) is 12.3 Å². The highest BCUT2D eigenvalue weighted by Crippen LogP contribution is 2.29. The number of ether oxygens (including phenoxy) is 2. The van der Waals surface area contributed by atoms with Crippen molar-refractivity contribution in [2.24, 2.45) is 0 Å². The molecule has 5 rings (SSSR count). The fourth-order valence-corrected chi connectivity index (χ4v) is 4.21. The molecule has 8 heteroatoms. The summed E-state index contributed by atoms with van der Waals surface area (Å²) in [6, 6.07) is 18.4. The lowest BCUT2D eigenvalue weighted by Crippen LogP contribution is -2.30. The van der Waals surface area contributed by atoms with Crippen LogP contribution in [0.4, 0.5) is 0 Å². The van der Waals surface area contributed by atoms with Gasteiger partial charge in [0.25, 0.3) is 0 Å². The van der Waals surface area contributed by atoms with E-state index >= 15 is 0 Å². The fraction of sp³-hybridized carbons (Fsp3) is 0.185. The summed E-state index contributed by atoms with van der Waals surface area (Å²) in [7, 11) is 3.13. The van der Waals surface area contributed by atoms with Crippen LogP contribution < -0.4 is 15.2 Å².